The molecular weight excluding hydrogens is 396 g/mol. The van der Waals surface area contributed by atoms with Gasteiger partial charge in [-0.25, -0.2) is 4.98 Å². The number of carbonyl (C=O) groups is 1. The van der Waals surface area contributed by atoms with E-state index in [1.165, 1.54) is 4.88 Å². The van der Waals surface area contributed by atoms with Crippen molar-refractivity contribution in [3.8, 4) is 0 Å². The summed E-state index contributed by atoms with van der Waals surface area (Å²) in [5.41, 5.74) is 1.85. The molecule has 146 valence electrons. The average molecular weight is 417 g/mol. The van der Waals surface area contributed by atoms with Crippen molar-refractivity contribution in [2.75, 3.05) is 0 Å². The first-order valence-electron chi connectivity index (χ1n) is 9.39. The Hall–Kier alpha value is -2.18. The molecule has 3 aromatic rings. The van der Waals surface area contributed by atoms with Crippen LogP contribution in [-0.2, 0) is 29.0 Å². The molecule has 0 saturated carbocycles. The summed E-state index contributed by atoms with van der Waals surface area (Å²) in [4.78, 5) is 34.6. The van der Waals surface area contributed by atoms with Crippen LogP contribution in [0.1, 0.15) is 48.0 Å². The number of nitrogens with zero attached hydrogens (tertiary/aromatic N) is 1. The predicted molar refractivity (Wildman–Crippen MR) is 111 cm³/mol. The summed E-state index contributed by atoms with van der Waals surface area (Å²) in [5, 5.41) is 1.33. The molecule has 0 spiro atoms. The molecule has 1 atom stereocenters. The average Bonchev–Trinajstić information content (AvgIpc) is 3.22. The lowest BCUT2D eigenvalue weighted by Gasteiger charge is -2.19. The van der Waals surface area contributed by atoms with Gasteiger partial charge in [0.1, 0.15) is 17.3 Å². The summed E-state index contributed by atoms with van der Waals surface area (Å²) in [5.74, 6) is -0.306. The Morgan fingerprint density at radius 3 is 2.75 bits per heavy atom. The largest absolute Gasteiger partial charge is 0.457 e. The maximum absolute atomic E-state index is 12.7. The van der Waals surface area contributed by atoms with Crippen LogP contribution >= 0.6 is 22.9 Å². The van der Waals surface area contributed by atoms with Crippen molar-refractivity contribution in [3.05, 3.63) is 61.5 Å². The fraction of sp³-hybridized carbons (Fsp3) is 0.381. The maximum atomic E-state index is 12.7. The number of rotatable bonds is 5. The van der Waals surface area contributed by atoms with Crippen LogP contribution in [0.3, 0.4) is 0 Å². The number of aromatic nitrogens is 2. The predicted octanol–water partition coefficient (Wildman–Crippen LogP) is 4.61. The number of hydrogen-bond acceptors (Lipinski definition) is 5. The first kappa shape index (κ1) is 19.2. The van der Waals surface area contributed by atoms with Gasteiger partial charge in [0.25, 0.3) is 5.56 Å². The molecule has 0 aliphatic heterocycles. The van der Waals surface area contributed by atoms with Gasteiger partial charge >= 0.3 is 5.97 Å². The third-order valence-corrected chi connectivity index (χ3v) is 6.56. The monoisotopic (exact) mass is 416 g/mol. The van der Waals surface area contributed by atoms with E-state index in [1.54, 1.807) is 23.5 Å². The highest BCUT2D eigenvalue weighted by Gasteiger charge is 2.26. The molecule has 5 nitrogen and oxygen atoms in total. The molecule has 0 unspecified atom stereocenters. The lowest BCUT2D eigenvalue weighted by atomic mass is 9.88. The summed E-state index contributed by atoms with van der Waals surface area (Å²) in [6.07, 6.45) is 3.04. The topological polar surface area (TPSA) is 72.0 Å². The highest BCUT2D eigenvalue weighted by molar-refractivity contribution is 7.18. The number of nitrogens with one attached hydrogen (secondary N) is 1. The fourth-order valence-electron chi connectivity index (χ4n) is 3.81. The van der Waals surface area contributed by atoms with Crippen LogP contribution < -0.4 is 5.56 Å². The minimum atomic E-state index is -0.404. The zero-order valence-electron chi connectivity index (χ0n) is 15.8. The normalized spacial score (nSPS) is 14.4. The van der Waals surface area contributed by atoms with Crippen LogP contribution in [-0.4, -0.2) is 15.9 Å². The first-order valence-corrected chi connectivity index (χ1v) is 10.6. The number of aryl methyl sites for hydroxylation is 2. The molecule has 2 aromatic heterocycles. The molecule has 28 heavy (non-hydrogen) atoms. The van der Waals surface area contributed by atoms with Crippen LogP contribution in [0.25, 0.3) is 10.2 Å². The van der Waals surface area contributed by atoms with Crippen molar-refractivity contribution in [3.63, 3.8) is 0 Å². The van der Waals surface area contributed by atoms with E-state index in [4.69, 9.17) is 16.3 Å². The van der Waals surface area contributed by atoms with Gasteiger partial charge < -0.3 is 9.72 Å². The molecule has 0 radical (unpaired) electrons. The SMILES string of the molecule is CC(C)[C@@H](C(=O)OCc1nc2sc3c(c2c(=O)[nH]1)CCC3)c1ccc(Cl)cc1. The van der Waals surface area contributed by atoms with Gasteiger partial charge in [-0.1, -0.05) is 37.6 Å². The van der Waals surface area contributed by atoms with Crippen molar-refractivity contribution in [1.82, 2.24) is 9.97 Å². The number of halogens is 1. The number of thiophene rings is 1. The van der Waals surface area contributed by atoms with Crippen LogP contribution in [0.5, 0.6) is 0 Å². The number of esters is 1. The van der Waals surface area contributed by atoms with Crippen LogP contribution in [0.4, 0.5) is 0 Å². The zero-order valence-corrected chi connectivity index (χ0v) is 17.3. The van der Waals surface area contributed by atoms with Gasteiger partial charge in [-0.3, -0.25) is 9.59 Å². The van der Waals surface area contributed by atoms with E-state index in [2.05, 4.69) is 9.97 Å². The molecule has 0 bridgehead atoms. The van der Waals surface area contributed by atoms with Crippen molar-refractivity contribution in [2.45, 2.75) is 45.6 Å². The van der Waals surface area contributed by atoms with E-state index in [-0.39, 0.29) is 24.1 Å². The summed E-state index contributed by atoms with van der Waals surface area (Å²) in [6.45, 7) is 3.89. The Morgan fingerprint density at radius 2 is 2.04 bits per heavy atom. The molecule has 1 aliphatic carbocycles. The van der Waals surface area contributed by atoms with Gasteiger partial charge in [0.05, 0.1) is 11.3 Å². The van der Waals surface area contributed by atoms with Crippen LogP contribution in [0.15, 0.2) is 29.1 Å². The summed E-state index contributed by atoms with van der Waals surface area (Å²) in [6, 6.07) is 7.21. The molecule has 0 amide bonds. The van der Waals surface area contributed by atoms with Crippen molar-refractivity contribution in [2.24, 2.45) is 5.92 Å². The van der Waals surface area contributed by atoms with E-state index in [9.17, 15) is 9.59 Å². The summed E-state index contributed by atoms with van der Waals surface area (Å²) >= 11 is 7.52. The number of H-pyrrole nitrogens is 1. The Balaban J connectivity index is 1.53. The van der Waals surface area contributed by atoms with Gasteiger partial charge in [0.2, 0.25) is 0 Å². The number of benzene rings is 1. The number of aromatic amines is 1. The van der Waals surface area contributed by atoms with Gasteiger partial charge in [-0.2, -0.15) is 0 Å². The van der Waals surface area contributed by atoms with Crippen molar-refractivity contribution >= 4 is 39.1 Å². The number of carbonyl (C=O) groups excluding carboxylic acids is 1. The molecule has 1 N–H and O–H groups in total. The van der Waals surface area contributed by atoms with Gasteiger partial charge in [-0.15, -0.1) is 11.3 Å². The van der Waals surface area contributed by atoms with E-state index in [0.717, 1.165) is 35.2 Å². The summed E-state index contributed by atoms with van der Waals surface area (Å²) in [7, 11) is 0. The molecule has 7 heteroatoms. The Bertz CT molecular complexity index is 1090. The van der Waals surface area contributed by atoms with Crippen molar-refractivity contribution in [1.29, 1.82) is 0 Å². The third kappa shape index (κ3) is 3.59. The van der Waals surface area contributed by atoms with Gasteiger partial charge in [-0.05, 0) is 48.4 Å². The molecular formula is C21H21ClN2O3S. The Kier molecular flexibility index (Phi) is 5.25. The Labute approximate surface area is 171 Å². The van der Waals surface area contributed by atoms with E-state index < -0.39 is 5.92 Å². The molecule has 0 saturated heterocycles. The second kappa shape index (κ2) is 7.68. The number of hydrogen-bond donors (Lipinski definition) is 1. The van der Waals surface area contributed by atoms with Gasteiger partial charge in [0, 0.05) is 9.90 Å². The smallest absolute Gasteiger partial charge is 0.314 e. The quantitative estimate of drug-likeness (QED) is 0.616. The van der Waals surface area contributed by atoms with Crippen LogP contribution in [0.2, 0.25) is 5.02 Å². The lowest BCUT2D eigenvalue weighted by Crippen LogP contribution is -2.22. The molecule has 2 heterocycles. The lowest BCUT2D eigenvalue weighted by molar-refractivity contribution is -0.148. The van der Waals surface area contributed by atoms with E-state index >= 15 is 0 Å². The zero-order chi connectivity index (χ0) is 19.8. The number of fused-ring (bicyclic) bond motifs is 3. The standard InChI is InChI=1S/C21H21ClN2O3S/c1-11(2)17(12-6-8-13(22)9-7-12)21(26)27-10-16-23-19(25)18-14-4-3-5-15(14)28-20(18)24-16/h6-9,11,17H,3-5,10H2,1-2H3,(H,23,24,25)/t17-/m1/s1. The third-order valence-electron chi connectivity index (χ3n) is 5.12. The van der Waals surface area contributed by atoms with Crippen LogP contribution in [0, 0.1) is 5.92 Å². The highest BCUT2D eigenvalue weighted by Crippen LogP contribution is 2.34. The maximum Gasteiger partial charge on any atom is 0.314 e. The second-order valence-corrected chi connectivity index (χ2v) is 8.95. The molecule has 1 aromatic carbocycles. The van der Waals surface area contributed by atoms with Crippen molar-refractivity contribution < 1.29 is 9.53 Å². The first-order chi connectivity index (χ1) is 13.4. The fourth-order valence-corrected chi connectivity index (χ4v) is 5.21. The minimum absolute atomic E-state index is 0.0522. The molecule has 4 rings (SSSR count). The Morgan fingerprint density at radius 1 is 1.29 bits per heavy atom. The second-order valence-electron chi connectivity index (χ2n) is 7.43. The van der Waals surface area contributed by atoms with E-state index in [0.29, 0.717) is 16.2 Å². The molecule has 0 fully saturated rings. The summed E-state index contributed by atoms with van der Waals surface area (Å²) < 4.78 is 5.52. The van der Waals surface area contributed by atoms with E-state index in [1.807, 2.05) is 26.0 Å². The molecule has 1 aliphatic rings. The highest BCUT2D eigenvalue weighted by atomic mass is 35.5. The number of ether oxygens (including phenoxy) is 1. The van der Waals surface area contributed by atoms with Gasteiger partial charge in [0.15, 0.2) is 0 Å². The minimum Gasteiger partial charge on any atom is -0.457 e.